The molecule has 2 aromatic rings. The van der Waals surface area contributed by atoms with Gasteiger partial charge in [0, 0.05) is 18.6 Å². The summed E-state index contributed by atoms with van der Waals surface area (Å²) < 4.78 is 16.4. The molecule has 0 aliphatic carbocycles. The molecular weight excluding hydrogens is 452 g/mol. The van der Waals surface area contributed by atoms with Gasteiger partial charge >= 0.3 is 11.9 Å². The number of rotatable bonds is 8. The molecular formula is C22H18N2O8S. The molecule has 0 aromatic heterocycles. The molecule has 0 unspecified atom stereocenters. The van der Waals surface area contributed by atoms with Crippen LogP contribution in [0.2, 0.25) is 0 Å². The predicted molar refractivity (Wildman–Crippen MR) is 115 cm³/mol. The number of hydrogen-bond acceptors (Lipinski definition) is 9. The number of β-lactam (4-membered cyclic amide) rings is 1. The number of para-hydroxylation sites is 1. The zero-order valence-corrected chi connectivity index (χ0v) is 18.2. The van der Waals surface area contributed by atoms with Crippen molar-refractivity contribution in [1.82, 2.24) is 4.90 Å². The normalized spacial score (nSPS) is 18.9. The van der Waals surface area contributed by atoms with Crippen molar-refractivity contribution in [3.05, 3.63) is 81.1 Å². The number of nitro benzene ring substituents is 1. The monoisotopic (exact) mass is 470 g/mol. The molecule has 0 saturated carbocycles. The first-order chi connectivity index (χ1) is 15.9. The van der Waals surface area contributed by atoms with E-state index in [4.69, 9.17) is 14.2 Å². The van der Waals surface area contributed by atoms with Crippen molar-refractivity contribution in [2.45, 2.75) is 31.4 Å². The molecule has 2 atom stereocenters. The van der Waals surface area contributed by atoms with Crippen LogP contribution in [0, 0.1) is 10.1 Å². The van der Waals surface area contributed by atoms with E-state index in [1.54, 1.807) is 31.2 Å². The van der Waals surface area contributed by atoms with Crippen LogP contribution >= 0.6 is 11.8 Å². The minimum Gasteiger partial charge on any atom is -0.477 e. The number of thioether (sulfide) groups is 1. The van der Waals surface area contributed by atoms with Gasteiger partial charge < -0.3 is 14.2 Å². The second-order valence-electron chi connectivity index (χ2n) is 7.03. The molecule has 0 radical (unpaired) electrons. The zero-order chi connectivity index (χ0) is 23.5. The highest BCUT2D eigenvalue weighted by molar-refractivity contribution is 8.03. The molecule has 11 heteroatoms. The van der Waals surface area contributed by atoms with E-state index in [0.29, 0.717) is 11.3 Å². The van der Waals surface area contributed by atoms with Gasteiger partial charge in [-0.3, -0.25) is 24.6 Å². The molecule has 170 valence electrons. The Morgan fingerprint density at radius 3 is 2.45 bits per heavy atom. The smallest absolute Gasteiger partial charge is 0.359 e. The number of ether oxygens (including phenoxy) is 3. The van der Waals surface area contributed by atoms with Gasteiger partial charge in [-0.1, -0.05) is 36.9 Å². The highest BCUT2D eigenvalue weighted by Crippen LogP contribution is 2.48. The van der Waals surface area contributed by atoms with Gasteiger partial charge in [-0.05, 0) is 29.8 Å². The summed E-state index contributed by atoms with van der Waals surface area (Å²) in [5, 5.41) is 10.2. The maximum absolute atomic E-state index is 12.8. The van der Waals surface area contributed by atoms with Crippen molar-refractivity contribution in [2.75, 3.05) is 0 Å². The minimum absolute atomic E-state index is 0.0203. The molecule has 0 spiro atoms. The van der Waals surface area contributed by atoms with Crippen molar-refractivity contribution in [2.24, 2.45) is 0 Å². The molecule has 1 amide bonds. The van der Waals surface area contributed by atoms with Crippen molar-refractivity contribution < 1.29 is 33.5 Å². The molecule has 0 N–H and O–H groups in total. The second-order valence-corrected chi connectivity index (χ2v) is 8.12. The third kappa shape index (κ3) is 4.53. The van der Waals surface area contributed by atoms with Gasteiger partial charge in [0.25, 0.3) is 11.6 Å². The largest absolute Gasteiger partial charge is 0.477 e. The van der Waals surface area contributed by atoms with Gasteiger partial charge in [-0.25, -0.2) is 4.79 Å². The Labute approximate surface area is 192 Å². The van der Waals surface area contributed by atoms with E-state index < -0.39 is 34.2 Å². The molecule has 1 fully saturated rings. The van der Waals surface area contributed by atoms with Gasteiger partial charge in [-0.15, -0.1) is 0 Å². The van der Waals surface area contributed by atoms with E-state index >= 15 is 0 Å². The summed E-state index contributed by atoms with van der Waals surface area (Å²) in [5.74, 6) is -1.37. The molecule has 2 aromatic carbocycles. The number of amides is 1. The van der Waals surface area contributed by atoms with E-state index in [2.05, 4.69) is 0 Å². The molecule has 10 nitrogen and oxygen atoms in total. The fourth-order valence-corrected chi connectivity index (χ4v) is 4.43. The SMILES string of the molecule is CCC(=O)OC1=C(C(=O)OCc2ccc([N+](=O)[O-])cc2)N2C(=O)[C@H](Oc3ccccc3)[C@H]2S1. The van der Waals surface area contributed by atoms with Crippen LogP contribution in [0.5, 0.6) is 5.75 Å². The van der Waals surface area contributed by atoms with Crippen LogP contribution in [-0.2, 0) is 30.5 Å². The number of esters is 2. The first-order valence-electron chi connectivity index (χ1n) is 9.96. The summed E-state index contributed by atoms with van der Waals surface area (Å²) in [6.07, 6.45) is -0.773. The quantitative estimate of drug-likeness (QED) is 0.248. The van der Waals surface area contributed by atoms with E-state index in [1.807, 2.05) is 6.07 Å². The molecule has 2 heterocycles. The Balaban J connectivity index is 1.49. The first-order valence-corrected chi connectivity index (χ1v) is 10.8. The van der Waals surface area contributed by atoms with Crippen LogP contribution < -0.4 is 4.74 Å². The summed E-state index contributed by atoms with van der Waals surface area (Å²) in [7, 11) is 0. The van der Waals surface area contributed by atoms with Crippen LogP contribution in [-0.4, -0.2) is 39.1 Å². The van der Waals surface area contributed by atoms with Crippen LogP contribution in [0.3, 0.4) is 0 Å². The lowest BCUT2D eigenvalue weighted by Crippen LogP contribution is -2.63. The Hall–Kier alpha value is -3.86. The van der Waals surface area contributed by atoms with Gasteiger partial charge in [0.15, 0.2) is 10.8 Å². The summed E-state index contributed by atoms with van der Waals surface area (Å²) in [6.45, 7) is 1.42. The second kappa shape index (κ2) is 9.33. The lowest BCUT2D eigenvalue weighted by Gasteiger charge is -2.41. The average molecular weight is 470 g/mol. The van der Waals surface area contributed by atoms with Gasteiger partial charge in [0.05, 0.1) is 4.92 Å². The summed E-state index contributed by atoms with van der Waals surface area (Å²) in [6, 6.07) is 14.3. The van der Waals surface area contributed by atoms with E-state index in [-0.39, 0.29) is 29.5 Å². The lowest BCUT2D eigenvalue weighted by atomic mass is 10.1. The number of hydrogen-bond donors (Lipinski definition) is 0. The first kappa shape index (κ1) is 22.3. The Kier molecular flexibility index (Phi) is 6.31. The third-order valence-electron chi connectivity index (χ3n) is 4.87. The van der Waals surface area contributed by atoms with Crippen molar-refractivity contribution in [1.29, 1.82) is 0 Å². The third-order valence-corrected chi connectivity index (χ3v) is 6.06. The zero-order valence-electron chi connectivity index (χ0n) is 17.3. The van der Waals surface area contributed by atoms with Crippen LogP contribution in [0.25, 0.3) is 0 Å². The maximum Gasteiger partial charge on any atom is 0.359 e. The number of benzene rings is 2. The number of non-ortho nitro benzene ring substituents is 1. The minimum atomic E-state index is -0.854. The fourth-order valence-electron chi connectivity index (χ4n) is 3.17. The molecule has 2 aliphatic heterocycles. The standard InChI is InChI=1S/C22H18N2O8S/c1-2-16(25)32-22-17(21(27)30-12-13-8-10-14(11-9-13)24(28)29)23-19(26)18(20(23)33-22)31-15-6-4-3-5-7-15/h3-11,18,20H,2,12H2,1H3/t18-,20+/m0/s1. The topological polar surface area (TPSA) is 125 Å². The fraction of sp³-hybridized carbons (Fsp3) is 0.227. The summed E-state index contributed by atoms with van der Waals surface area (Å²) >= 11 is 1.04. The highest BCUT2D eigenvalue weighted by Gasteiger charge is 2.59. The molecule has 1 saturated heterocycles. The number of carbonyl (C=O) groups excluding carboxylic acids is 3. The van der Waals surface area contributed by atoms with Crippen LogP contribution in [0.4, 0.5) is 5.69 Å². The van der Waals surface area contributed by atoms with Gasteiger partial charge in [0.1, 0.15) is 17.7 Å². The highest BCUT2D eigenvalue weighted by atomic mass is 32.2. The Bertz CT molecular complexity index is 1130. The van der Waals surface area contributed by atoms with E-state index in [9.17, 15) is 24.5 Å². The molecule has 4 rings (SSSR count). The Morgan fingerprint density at radius 2 is 1.82 bits per heavy atom. The molecule has 33 heavy (non-hydrogen) atoms. The summed E-state index contributed by atoms with van der Waals surface area (Å²) in [4.78, 5) is 48.9. The van der Waals surface area contributed by atoms with Crippen molar-refractivity contribution in [3.8, 4) is 5.75 Å². The van der Waals surface area contributed by atoms with Crippen molar-refractivity contribution in [3.63, 3.8) is 0 Å². The number of fused-ring (bicyclic) bond motifs is 1. The van der Waals surface area contributed by atoms with E-state index in [1.165, 1.54) is 29.2 Å². The molecule has 0 bridgehead atoms. The summed E-state index contributed by atoms with van der Waals surface area (Å²) in [5.41, 5.74) is 0.267. The number of nitrogens with zero attached hydrogens (tertiary/aromatic N) is 2. The Morgan fingerprint density at radius 1 is 1.12 bits per heavy atom. The van der Waals surface area contributed by atoms with Crippen molar-refractivity contribution >= 4 is 35.3 Å². The predicted octanol–water partition coefficient (Wildman–Crippen LogP) is 3.12. The lowest BCUT2D eigenvalue weighted by molar-refractivity contribution is -0.384. The van der Waals surface area contributed by atoms with E-state index in [0.717, 1.165) is 11.8 Å². The maximum atomic E-state index is 12.8. The number of carbonyl (C=O) groups is 3. The van der Waals surface area contributed by atoms with Crippen LogP contribution in [0.15, 0.2) is 65.4 Å². The van der Waals surface area contributed by atoms with Crippen LogP contribution in [0.1, 0.15) is 18.9 Å². The number of nitro groups is 1. The van der Waals surface area contributed by atoms with Gasteiger partial charge in [-0.2, -0.15) is 0 Å². The average Bonchev–Trinajstić information content (AvgIpc) is 3.16. The van der Waals surface area contributed by atoms with Gasteiger partial charge in [0.2, 0.25) is 6.10 Å². The molecule has 2 aliphatic rings.